The fourth-order valence-corrected chi connectivity index (χ4v) is 2.63. The van der Waals surface area contributed by atoms with Crippen LogP contribution in [0.4, 0.5) is 5.69 Å². The van der Waals surface area contributed by atoms with Gasteiger partial charge in [-0.25, -0.2) is 0 Å². The monoisotopic (exact) mass is 264 g/mol. The van der Waals surface area contributed by atoms with Crippen LogP contribution in [0.15, 0.2) is 66.9 Å². The number of rotatable bonds is 1. The Morgan fingerprint density at radius 2 is 1.76 bits per heavy atom. The average molecular weight is 264 g/mol. The first-order valence-electron chi connectivity index (χ1n) is 6.73. The first-order chi connectivity index (χ1) is 9.92. The van der Waals surface area contributed by atoms with E-state index in [0.717, 1.165) is 22.2 Å². The van der Waals surface area contributed by atoms with Crippen LogP contribution >= 0.6 is 0 Å². The summed E-state index contributed by atoms with van der Waals surface area (Å²) in [7, 11) is 0. The van der Waals surface area contributed by atoms with Crippen LogP contribution in [0.3, 0.4) is 0 Å². The van der Waals surface area contributed by atoms with Gasteiger partial charge in [-0.05, 0) is 17.0 Å². The van der Waals surface area contributed by atoms with Gasteiger partial charge in [0.1, 0.15) is 0 Å². The molecule has 96 valence electrons. The Morgan fingerprint density at radius 3 is 2.62 bits per heavy atom. The second-order valence-electron chi connectivity index (χ2n) is 4.92. The van der Waals surface area contributed by atoms with E-state index in [1.165, 1.54) is 5.56 Å². The van der Waals surface area contributed by atoms with Crippen LogP contribution in [0.1, 0.15) is 17.2 Å². The topological polar surface area (TPSA) is 27.0 Å². The number of fused-ring (bicyclic) bond motifs is 3. The molecule has 1 aromatic heterocycles. The molecule has 0 spiro atoms. The normalized spacial score (nSPS) is 15.9. The van der Waals surface area contributed by atoms with E-state index in [0.29, 0.717) is 0 Å². The van der Waals surface area contributed by atoms with Crippen molar-refractivity contribution < 1.29 is 18.9 Å². The van der Waals surface area contributed by atoms with Gasteiger partial charge in [-0.1, -0.05) is 72.3 Å². The molecular formula is C18H13LiN2. The Hall–Kier alpha value is -2.01. The van der Waals surface area contributed by atoms with E-state index >= 15 is 0 Å². The van der Waals surface area contributed by atoms with Crippen molar-refractivity contribution in [2.45, 2.75) is 6.04 Å². The molecule has 0 aliphatic carbocycles. The van der Waals surface area contributed by atoms with Gasteiger partial charge in [-0.3, -0.25) is 4.98 Å². The number of benzene rings is 2. The molecule has 4 rings (SSSR count). The van der Waals surface area contributed by atoms with E-state index < -0.39 is 0 Å². The van der Waals surface area contributed by atoms with Crippen molar-refractivity contribution in [3.63, 3.8) is 0 Å². The van der Waals surface area contributed by atoms with E-state index in [-0.39, 0.29) is 24.9 Å². The molecule has 0 fully saturated rings. The van der Waals surface area contributed by atoms with E-state index in [9.17, 15) is 0 Å². The van der Waals surface area contributed by atoms with Crippen molar-refractivity contribution in [1.29, 1.82) is 0 Å². The van der Waals surface area contributed by atoms with Crippen molar-refractivity contribution in [3.05, 3.63) is 83.3 Å². The first kappa shape index (κ1) is 13.9. The molecule has 0 N–H and O–H groups in total. The van der Waals surface area contributed by atoms with E-state index in [1.807, 2.05) is 18.3 Å². The van der Waals surface area contributed by atoms with Gasteiger partial charge in [0, 0.05) is 6.20 Å². The molecular weight excluding hydrogens is 251 g/mol. The minimum Gasteiger partial charge on any atom is -0.673 e. The molecule has 0 amide bonds. The first-order valence-corrected chi connectivity index (χ1v) is 6.73. The third kappa shape index (κ3) is 2.49. The molecule has 3 aromatic rings. The van der Waals surface area contributed by atoms with Crippen molar-refractivity contribution in [3.8, 4) is 0 Å². The van der Waals surface area contributed by atoms with E-state index in [2.05, 4.69) is 59.6 Å². The summed E-state index contributed by atoms with van der Waals surface area (Å²) in [6.45, 7) is 0. The standard InChI is InChI=1S/C18H13N2.Li/c1-2-5-13(6-3-1)16-11-10-15-9-8-14-7-4-12-19-17(14)18(15)20-16;/h1-12,16H;/q-1;+1. The molecule has 2 heterocycles. The minimum atomic E-state index is 0. The summed E-state index contributed by atoms with van der Waals surface area (Å²) >= 11 is 0. The van der Waals surface area contributed by atoms with Crippen LogP contribution in [0.5, 0.6) is 0 Å². The van der Waals surface area contributed by atoms with Crippen LogP contribution in [0.2, 0.25) is 0 Å². The molecule has 21 heavy (non-hydrogen) atoms. The zero-order valence-corrected chi connectivity index (χ0v) is 11.9. The third-order valence-electron chi connectivity index (χ3n) is 3.65. The zero-order valence-electron chi connectivity index (χ0n) is 11.9. The molecule has 2 aromatic carbocycles. The van der Waals surface area contributed by atoms with Gasteiger partial charge in [0.15, 0.2) is 0 Å². The summed E-state index contributed by atoms with van der Waals surface area (Å²) in [5.74, 6) is 0. The van der Waals surface area contributed by atoms with Gasteiger partial charge in [-0.2, -0.15) is 0 Å². The summed E-state index contributed by atoms with van der Waals surface area (Å²) in [5.41, 5.74) is 4.33. The summed E-state index contributed by atoms with van der Waals surface area (Å²) < 4.78 is 0. The molecule has 3 heteroatoms. The number of hydrogen-bond acceptors (Lipinski definition) is 1. The Balaban J connectivity index is 0.00000132. The van der Waals surface area contributed by atoms with Crippen molar-refractivity contribution in [1.82, 2.24) is 4.98 Å². The number of aromatic nitrogens is 1. The predicted molar refractivity (Wildman–Crippen MR) is 83.0 cm³/mol. The molecule has 0 radical (unpaired) electrons. The van der Waals surface area contributed by atoms with Crippen molar-refractivity contribution >= 4 is 22.7 Å². The largest absolute Gasteiger partial charge is 1.00 e. The Labute approximate surface area is 136 Å². The molecule has 0 saturated carbocycles. The maximum Gasteiger partial charge on any atom is 1.00 e. The quantitative estimate of drug-likeness (QED) is 0.618. The molecule has 1 aliphatic rings. The summed E-state index contributed by atoms with van der Waals surface area (Å²) in [6, 6.07) is 18.7. The van der Waals surface area contributed by atoms with Crippen LogP contribution < -0.4 is 18.9 Å². The molecule has 1 atom stereocenters. The minimum absolute atomic E-state index is 0. The maximum atomic E-state index is 4.89. The summed E-state index contributed by atoms with van der Waals surface area (Å²) in [6.07, 6.45) is 6.12. The Kier molecular flexibility index (Phi) is 3.83. The van der Waals surface area contributed by atoms with Crippen LogP contribution in [-0.2, 0) is 0 Å². The molecule has 1 unspecified atom stereocenters. The van der Waals surface area contributed by atoms with Gasteiger partial charge in [0.2, 0.25) is 0 Å². The third-order valence-corrected chi connectivity index (χ3v) is 3.65. The van der Waals surface area contributed by atoms with Gasteiger partial charge < -0.3 is 5.32 Å². The fourth-order valence-electron chi connectivity index (χ4n) is 2.63. The second-order valence-corrected chi connectivity index (χ2v) is 4.92. The number of hydrogen-bond donors (Lipinski definition) is 0. The van der Waals surface area contributed by atoms with Crippen molar-refractivity contribution in [2.24, 2.45) is 0 Å². The molecule has 1 aliphatic heterocycles. The van der Waals surface area contributed by atoms with Crippen LogP contribution in [0.25, 0.3) is 22.3 Å². The van der Waals surface area contributed by atoms with Gasteiger partial charge in [-0.15, -0.1) is 5.69 Å². The second kappa shape index (κ2) is 5.77. The number of pyridine rings is 1. The Morgan fingerprint density at radius 1 is 0.905 bits per heavy atom. The van der Waals surface area contributed by atoms with Gasteiger partial charge in [0.05, 0.1) is 5.52 Å². The Bertz CT molecular complexity index is 797. The maximum absolute atomic E-state index is 4.89. The zero-order chi connectivity index (χ0) is 13.4. The summed E-state index contributed by atoms with van der Waals surface area (Å²) in [5, 5.41) is 6.03. The SMILES string of the molecule is C1=CC(c2ccccc2)[N-]c2c1ccc1cccnc21.[Li+]. The number of nitrogens with zero attached hydrogens (tertiary/aromatic N) is 2. The smallest absolute Gasteiger partial charge is 0.673 e. The fraction of sp³-hybridized carbons (Fsp3) is 0.0556. The van der Waals surface area contributed by atoms with Crippen LogP contribution in [-0.4, -0.2) is 4.98 Å². The molecule has 0 bridgehead atoms. The van der Waals surface area contributed by atoms with Gasteiger partial charge >= 0.3 is 18.9 Å². The van der Waals surface area contributed by atoms with E-state index in [1.54, 1.807) is 0 Å². The van der Waals surface area contributed by atoms with Gasteiger partial charge in [0.25, 0.3) is 0 Å². The molecule has 2 nitrogen and oxygen atoms in total. The molecule has 0 saturated heterocycles. The average Bonchev–Trinajstić information content (AvgIpc) is 2.55. The predicted octanol–water partition coefficient (Wildman–Crippen LogP) is 2.01. The summed E-state index contributed by atoms with van der Waals surface area (Å²) in [4.78, 5) is 4.49. The van der Waals surface area contributed by atoms with Crippen molar-refractivity contribution in [2.75, 3.05) is 0 Å². The van der Waals surface area contributed by atoms with Crippen LogP contribution in [0, 0.1) is 0 Å². The van der Waals surface area contributed by atoms with E-state index in [4.69, 9.17) is 5.32 Å².